The van der Waals surface area contributed by atoms with Gasteiger partial charge in [-0.3, -0.25) is 9.59 Å². The number of hydrogen-bond acceptors (Lipinski definition) is 4. The van der Waals surface area contributed by atoms with Gasteiger partial charge in [0.25, 0.3) is 5.91 Å². The second-order valence-electron chi connectivity index (χ2n) is 6.19. The highest BCUT2D eigenvalue weighted by molar-refractivity contribution is 5.89. The number of benzene rings is 2. The second kappa shape index (κ2) is 8.74. The lowest BCUT2D eigenvalue weighted by Crippen LogP contribution is -2.47. The molecule has 0 unspecified atom stereocenters. The minimum Gasteiger partial charge on any atom is -0.478 e. The van der Waals surface area contributed by atoms with Crippen molar-refractivity contribution in [1.82, 2.24) is 5.32 Å². The van der Waals surface area contributed by atoms with Crippen LogP contribution in [0.25, 0.3) is 0 Å². The molecule has 0 heterocycles. The van der Waals surface area contributed by atoms with E-state index in [1.807, 2.05) is 0 Å². The summed E-state index contributed by atoms with van der Waals surface area (Å²) in [4.78, 5) is 34.7. The molecule has 2 aromatic rings. The number of halogens is 3. The van der Waals surface area contributed by atoms with Gasteiger partial charge in [-0.05, 0) is 35.4 Å². The van der Waals surface area contributed by atoms with Gasteiger partial charge in [-0.15, -0.1) is 0 Å². The Morgan fingerprint density at radius 2 is 1.55 bits per heavy atom. The molecule has 0 aromatic heterocycles. The third-order valence-electron chi connectivity index (χ3n) is 4.10. The van der Waals surface area contributed by atoms with E-state index in [-0.39, 0.29) is 17.5 Å². The number of nitrogens with two attached hydrogens (primary N) is 1. The summed E-state index contributed by atoms with van der Waals surface area (Å²) in [5.74, 6) is -3.05. The number of carbonyl (C=O) groups is 3. The third kappa shape index (κ3) is 5.79. The van der Waals surface area contributed by atoms with Gasteiger partial charge in [0, 0.05) is 6.42 Å². The van der Waals surface area contributed by atoms with E-state index in [0.717, 1.165) is 24.3 Å². The lowest BCUT2D eigenvalue weighted by Gasteiger charge is -2.19. The first-order valence-corrected chi connectivity index (χ1v) is 8.26. The molecule has 0 saturated carbocycles. The first kappa shape index (κ1) is 21.9. The summed E-state index contributed by atoms with van der Waals surface area (Å²) in [6.07, 6.45) is -6.44. The van der Waals surface area contributed by atoms with E-state index in [0.29, 0.717) is 5.56 Å². The summed E-state index contributed by atoms with van der Waals surface area (Å²) in [6.45, 7) is 0. The number of primary amides is 1. The number of nitrogens with one attached hydrogen (secondary N) is 1. The van der Waals surface area contributed by atoms with Crippen LogP contribution in [0.2, 0.25) is 0 Å². The van der Waals surface area contributed by atoms with Crippen LogP contribution in [0, 0.1) is 0 Å². The Balaban J connectivity index is 2.08. The highest BCUT2D eigenvalue weighted by Gasteiger charge is 2.31. The smallest absolute Gasteiger partial charge is 0.416 e. The van der Waals surface area contributed by atoms with Gasteiger partial charge >= 0.3 is 12.1 Å². The Bertz CT molecular complexity index is 896. The van der Waals surface area contributed by atoms with E-state index in [9.17, 15) is 32.7 Å². The highest BCUT2D eigenvalue weighted by Crippen LogP contribution is 2.30. The Hall–Kier alpha value is -3.40. The molecular weight excluding hydrogens is 393 g/mol. The minimum absolute atomic E-state index is 0.0335. The van der Waals surface area contributed by atoms with Crippen molar-refractivity contribution in [1.29, 1.82) is 0 Å². The maximum atomic E-state index is 12.6. The Morgan fingerprint density at radius 3 is 2.00 bits per heavy atom. The standard InChI is InChI=1S/C19H17F3N2O5/c20-19(21,22)13-7-5-11(6-8-13)15(25)17(27)24-14(16(23)26)9-10-1-3-12(4-2-10)18(28)29/h1-8,14-15,25H,9H2,(H2,23,26)(H,24,27)(H,28,29)/t14-,15+/m1/s1. The van der Waals surface area contributed by atoms with Crippen molar-refractivity contribution in [2.75, 3.05) is 0 Å². The minimum atomic E-state index is -4.56. The first-order valence-electron chi connectivity index (χ1n) is 8.26. The summed E-state index contributed by atoms with van der Waals surface area (Å²) >= 11 is 0. The number of amides is 2. The van der Waals surface area contributed by atoms with Crippen molar-refractivity contribution in [2.24, 2.45) is 5.73 Å². The Labute approximate surface area is 163 Å². The average Bonchev–Trinajstić information content (AvgIpc) is 2.66. The quantitative estimate of drug-likeness (QED) is 0.552. The van der Waals surface area contributed by atoms with Crippen molar-refractivity contribution < 1.29 is 37.8 Å². The number of aliphatic hydroxyl groups excluding tert-OH is 1. The largest absolute Gasteiger partial charge is 0.478 e. The third-order valence-corrected chi connectivity index (χ3v) is 4.10. The highest BCUT2D eigenvalue weighted by atomic mass is 19.4. The number of rotatable bonds is 7. The van der Waals surface area contributed by atoms with E-state index in [4.69, 9.17) is 10.8 Å². The average molecular weight is 410 g/mol. The Morgan fingerprint density at radius 1 is 1.00 bits per heavy atom. The van der Waals surface area contributed by atoms with Crippen LogP contribution in [0.4, 0.5) is 13.2 Å². The van der Waals surface area contributed by atoms with Gasteiger partial charge in [-0.1, -0.05) is 24.3 Å². The fourth-order valence-electron chi connectivity index (χ4n) is 2.50. The summed E-state index contributed by atoms with van der Waals surface area (Å²) in [7, 11) is 0. The summed E-state index contributed by atoms with van der Waals surface area (Å²) < 4.78 is 37.8. The molecule has 5 N–H and O–H groups in total. The maximum Gasteiger partial charge on any atom is 0.416 e. The molecule has 0 radical (unpaired) electrons. The van der Waals surface area contributed by atoms with Gasteiger partial charge in [0.1, 0.15) is 6.04 Å². The van der Waals surface area contributed by atoms with Gasteiger partial charge in [0.2, 0.25) is 5.91 Å². The lowest BCUT2D eigenvalue weighted by molar-refractivity contribution is -0.137. The van der Waals surface area contributed by atoms with Crippen LogP contribution < -0.4 is 11.1 Å². The van der Waals surface area contributed by atoms with Crippen LogP contribution in [0.1, 0.15) is 33.2 Å². The molecule has 154 valence electrons. The van der Waals surface area contributed by atoms with Crippen LogP contribution in [0.3, 0.4) is 0 Å². The van der Waals surface area contributed by atoms with Gasteiger partial charge in [-0.2, -0.15) is 13.2 Å². The Kier molecular flexibility index (Phi) is 6.60. The van der Waals surface area contributed by atoms with E-state index >= 15 is 0 Å². The molecular formula is C19H17F3N2O5. The number of hydrogen-bond donors (Lipinski definition) is 4. The predicted molar refractivity (Wildman–Crippen MR) is 94.6 cm³/mol. The molecule has 2 aromatic carbocycles. The number of aliphatic hydroxyl groups is 1. The van der Waals surface area contributed by atoms with Gasteiger partial charge < -0.3 is 21.3 Å². The second-order valence-corrected chi connectivity index (χ2v) is 6.19. The van der Waals surface area contributed by atoms with Crippen LogP contribution >= 0.6 is 0 Å². The van der Waals surface area contributed by atoms with Crippen molar-refractivity contribution in [2.45, 2.75) is 24.7 Å². The van der Waals surface area contributed by atoms with E-state index in [1.165, 1.54) is 24.3 Å². The predicted octanol–water partition coefficient (Wildman–Crippen LogP) is 1.65. The molecule has 29 heavy (non-hydrogen) atoms. The molecule has 0 fully saturated rings. The SMILES string of the molecule is NC(=O)[C@@H](Cc1ccc(C(=O)O)cc1)NC(=O)[C@@H](O)c1ccc(C(F)(F)F)cc1. The van der Waals surface area contributed by atoms with Crippen molar-refractivity contribution >= 4 is 17.8 Å². The number of carboxylic acids is 1. The monoisotopic (exact) mass is 410 g/mol. The first-order chi connectivity index (χ1) is 13.5. The zero-order valence-corrected chi connectivity index (χ0v) is 14.8. The fourth-order valence-corrected chi connectivity index (χ4v) is 2.50. The lowest BCUT2D eigenvalue weighted by atomic mass is 10.0. The summed E-state index contributed by atoms with van der Waals surface area (Å²) in [5.41, 5.74) is 4.77. The number of aromatic carboxylic acids is 1. The summed E-state index contributed by atoms with van der Waals surface area (Å²) in [6, 6.07) is 7.65. The summed E-state index contributed by atoms with van der Waals surface area (Å²) in [5, 5.41) is 21.2. The van der Waals surface area contributed by atoms with Gasteiger partial charge in [0.15, 0.2) is 6.10 Å². The number of alkyl halides is 3. The van der Waals surface area contributed by atoms with Crippen molar-refractivity contribution in [3.8, 4) is 0 Å². The van der Waals surface area contributed by atoms with Crippen molar-refractivity contribution in [3.05, 3.63) is 70.8 Å². The molecule has 0 aliphatic heterocycles. The molecule has 10 heteroatoms. The van der Waals surface area contributed by atoms with Crippen molar-refractivity contribution in [3.63, 3.8) is 0 Å². The molecule has 0 bridgehead atoms. The molecule has 0 aliphatic carbocycles. The van der Waals surface area contributed by atoms with Crippen LogP contribution in [-0.2, 0) is 22.2 Å². The van der Waals surface area contributed by atoms with Crippen LogP contribution in [0.15, 0.2) is 48.5 Å². The normalized spacial score (nSPS) is 13.4. The zero-order chi connectivity index (χ0) is 21.8. The maximum absolute atomic E-state index is 12.6. The zero-order valence-electron chi connectivity index (χ0n) is 14.8. The van der Waals surface area contributed by atoms with E-state index < -0.39 is 41.7 Å². The molecule has 2 rings (SSSR count). The number of carbonyl (C=O) groups excluding carboxylic acids is 2. The van der Waals surface area contributed by atoms with Crippen LogP contribution in [-0.4, -0.2) is 34.0 Å². The fraction of sp³-hybridized carbons (Fsp3) is 0.211. The molecule has 0 aliphatic rings. The molecule has 7 nitrogen and oxygen atoms in total. The number of carboxylic acid groups (broad SMARTS) is 1. The van der Waals surface area contributed by atoms with Crippen LogP contribution in [0.5, 0.6) is 0 Å². The van der Waals surface area contributed by atoms with E-state index in [1.54, 1.807) is 0 Å². The molecule has 2 amide bonds. The van der Waals surface area contributed by atoms with E-state index in [2.05, 4.69) is 5.32 Å². The molecule has 2 atom stereocenters. The molecule has 0 saturated heterocycles. The topological polar surface area (TPSA) is 130 Å². The van der Waals surface area contributed by atoms with Gasteiger partial charge in [0.05, 0.1) is 11.1 Å². The molecule has 0 spiro atoms. The van der Waals surface area contributed by atoms with Gasteiger partial charge in [-0.25, -0.2) is 4.79 Å².